The van der Waals surface area contributed by atoms with E-state index in [0.717, 1.165) is 22.6 Å². The maximum atomic E-state index is 12.4. The van der Waals surface area contributed by atoms with Crippen molar-refractivity contribution in [1.82, 2.24) is 10.2 Å². The number of anilines is 4. The summed E-state index contributed by atoms with van der Waals surface area (Å²) in [6, 6.07) is 15.1. The average Bonchev–Trinajstić information content (AvgIpc) is 2.65. The second-order valence-corrected chi connectivity index (χ2v) is 6.65. The predicted octanol–water partition coefficient (Wildman–Crippen LogP) is 4.16. The van der Waals surface area contributed by atoms with Crippen LogP contribution in [0.1, 0.15) is 21.5 Å². The first-order valence-corrected chi connectivity index (χ1v) is 8.68. The average molecular weight is 361 g/mol. The minimum absolute atomic E-state index is 0.122. The number of hydrogen-bond acceptors (Lipinski definition) is 5. The van der Waals surface area contributed by atoms with Gasteiger partial charge >= 0.3 is 0 Å². The van der Waals surface area contributed by atoms with Crippen molar-refractivity contribution in [3.8, 4) is 0 Å². The Labute approximate surface area is 159 Å². The molecule has 3 rings (SSSR count). The van der Waals surface area contributed by atoms with E-state index in [4.69, 9.17) is 0 Å². The summed E-state index contributed by atoms with van der Waals surface area (Å²) in [7, 11) is 3.90. The molecule has 0 fully saturated rings. The number of amides is 1. The molecule has 6 heteroatoms. The highest BCUT2D eigenvalue weighted by Gasteiger charge is 2.07. The number of carbonyl (C=O) groups is 1. The molecule has 2 aromatic carbocycles. The fraction of sp³-hybridized carbons (Fsp3) is 0.190. The maximum absolute atomic E-state index is 12.4. The number of aryl methyl sites for hydroxylation is 2. The Morgan fingerprint density at radius 1 is 0.926 bits per heavy atom. The molecule has 0 aliphatic heterocycles. The van der Waals surface area contributed by atoms with E-state index >= 15 is 0 Å². The van der Waals surface area contributed by atoms with Crippen LogP contribution in [-0.2, 0) is 0 Å². The molecule has 0 atom stereocenters. The van der Waals surface area contributed by atoms with E-state index in [1.165, 1.54) is 5.56 Å². The zero-order valence-corrected chi connectivity index (χ0v) is 15.9. The van der Waals surface area contributed by atoms with Crippen LogP contribution in [0.5, 0.6) is 0 Å². The van der Waals surface area contributed by atoms with Crippen LogP contribution in [0.3, 0.4) is 0 Å². The van der Waals surface area contributed by atoms with Crippen LogP contribution in [0, 0.1) is 13.8 Å². The van der Waals surface area contributed by atoms with Crippen molar-refractivity contribution in [3.05, 3.63) is 71.4 Å². The quantitative estimate of drug-likeness (QED) is 0.714. The van der Waals surface area contributed by atoms with Crippen LogP contribution in [-0.4, -0.2) is 30.2 Å². The van der Waals surface area contributed by atoms with Gasteiger partial charge in [0.25, 0.3) is 5.91 Å². The molecule has 1 amide bonds. The third-order valence-corrected chi connectivity index (χ3v) is 4.34. The van der Waals surface area contributed by atoms with Crippen molar-refractivity contribution < 1.29 is 4.79 Å². The van der Waals surface area contributed by atoms with Gasteiger partial charge in [-0.25, -0.2) is 0 Å². The molecule has 0 aliphatic carbocycles. The lowest BCUT2D eigenvalue weighted by Crippen LogP contribution is -2.12. The highest BCUT2D eigenvalue weighted by Crippen LogP contribution is 2.20. The summed E-state index contributed by atoms with van der Waals surface area (Å²) in [5.74, 6) is 0.538. The SMILES string of the molecule is Cc1ccc(C(=O)Nc2ccc(Nc3cc(N(C)C)cnn3)cc2)cc1C. The number of carbonyl (C=O) groups excluding carboxylic acids is 1. The third kappa shape index (κ3) is 4.61. The van der Waals surface area contributed by atoms with Gasteiger partial charge in [0.15, 0.2) is 5.82 Å². The molecule has 6 nitrogen and oxygen atoms in total. The molecule has 138 valence electrons. The predicted molar refractivity (Wildman–Crippen MR) is 110 cm³/mol. The lowest BCUT2D eigenvalue weighted by Gasteiger charge is -2.13. The Bertz CT molecular complexity index is 951. The van der Waals surface area contributed by atoms with Crippen LogP contribution in [0.15, 0.2) is 54.7 Å². The fourth-order valence-corrected chi connectivity index (χ4v) is 2.53. The highest BCUT2D eigenvalue weighted by molar-refractivity contribution is 6.04. The zero-order chi connectivity index (χ0) is 19.4. The van der Waals surface area contributed by atoms with Crippen LogP contribution in [0.25, 0.3) is 0 Å². The first-order chi connectivity index (χ1) is 12.9. The lowest BCUT2D eigenvalue weighted by molar-refractivity contribution is 0.102. The second kappa shape index (κ2) is 7.86. The van der Waals surface area contributed by atoms with E-state index in [9.17, 15) is 4.79 Å². The molecule has 1 aromatic heterocycles. The highest BCUT2D eigenvalue weighted by atomic mass is 16.1. The standard InChI is InChI=1S/C21H23N5O/c1-14-5-6-16(11-15(14)2)21(27)24-18-9-7-17(8-10-18)23-20-12-19(26(3)4)13-22-25-20/h5-13H,1-4H3,(H,23,25)(H,24,27). The Kier molecular flexibility index (Phi) is 5.35. The molecule has 27 heavy (non-hydrogen) atoms. The first kappa shape index (κ1) is 18.4. The van der Waals surface area contributed by atoms with Gasteiger partial charge in [-0.3, -0.25) is 4.79 Å². The summed E-state index contributed by atoms with van der Waals surface area (Å²) >= 11 is 0. The molecule has 0 radical (unpaired) electrons. The van der Waals surface area contributed by atoms with Crippen molar-refractivity contribution in [2.75, 3.05) is 29.6 Å². The third-order valence-electron chi connectivity index (χ3n) is 4.34. The van der Waals surface area contributed by atoms with E-state index in [2.05, 4.69) is 20.8 Å². The Balaban J connectivity index is 1.67. The van der Waals surface area contributed by atoms with E-state index in [1.807, 2.05) is 81.4 Å². The van der Waals surface area contributed by atoms with Crippen molar-refractivity contribution in [2.24, 2.45) is 0 Å². The van der Waals surface area contributed by atoms with E-state index in [1.54, 1.807) is 6.20 Å². The smallest absolute Gasteiger partial charge is 0.255 e. The summed E-state index contributed by atoms with van der Waals surface area (Å²) in [6.45, 7) is 4.03. The Morgan fingerprint density at radius 3 is 2.30 bits per heavy atom. The van der Waals surface area contributed by atoms with Gasteiger partial charge < -0.3 is 15.5 Å². The van der Waals surface area contributed by atoms with Gasteiger partial charge in [0.2, 0.25) is 0 Å². The van der Waals surface area contributed by atoms with Crippen molar-refractivity contribution in [2.45, 2.75) is 13.8 Å². The van der Waals surface area contributed by atoms with Crippen LogP contribution in [0.4, 0.5) is 22.9 Å². The molecule has 1 heterocycles. The first-order valence-electron chi connectivity index (χ1n) is 8.68. The number of aromatic nitrogens is 2. The second-order valence-electron chi connectivity index (χ2n) is 6.65. The summed E-state index contributed by atoms with van der Waals surface area (Å²) in [6.07, 6.45) is 1.70. The van der Waals surface area contributed by atoms with Crippen LogP contribution < -0.4 is 15.5 Å². The molecular weight excluding hydrogens is 338 g/mol. The van der Waals surface area contributed by atoms with E-state index in [0.29, 0.717) is 11.4 Å². The monoisotopic (exact) mass is 361 g/mol. The fourth-order valence-electron chi connectivity index (χ4n) is 2.53. The van der Waals surface area contributed by atoms with Gasteiger partial charge in [0, 0.05) is 37.1 Å². The van der Waals surface area contributed by atoms with Crippen LogP contribution >= 0.6 is 0 Å². The summed E-state index contributed by atoms with van der Waals surface area (Å²) in [5, 5.41) is 14.2. The summed E-state index contributed by atoms with van der Waals surface area (Å²) in [5.41, 5.74) is 5.48. The zero-order valence-electron chi connectivity index (χ0n) is 15.9. The molecule has 0 spiro atoms. The van der Waals surface area contributed by atoms with E-state index < -0.39 is 0 Å². The number of benzene rings is 2. The number of rotatable bonds is 5. The molecule has 2 N–H and O–H groups in total. The molecule has 3 aromatic rings. The van der Waals surface area contributed by atoms with Crippen LogP contribution in [0.2, 0.25) is 0 Å². The topological polar surface area (TPSA) is 70.2 Å². The molecule has 0 aliphatic rings. The Hall–Kier alpha value is -3.41. The lowest BCUT2D eigenvalue weighted by atomic mass is 10.1. The van der Waals surface area contributed by atoms with Gasteiger partial charge in [-0.15, -0.1) is 5.10 Å². The van der Waals surface area contributed by atoms with E-state index in [-0.39, 0.29) is 5.91 Å². The van der Waals surface area contributed by atoms with Crippen molar-refractivity contribution >= 4 is 28.8 Å². The minimum atomic E-state index is -0.122. The maximum Gasteiger partial charge on any atom is 0.255 e. The normalized spacial score (nSPS) is 10.4. The van der Waals surface area contributed by atoms with Crippen molar-refractivity contribution in [1.29, 1.82) is 0 Å². The van der Waals surface area contributed by atoms with Gasteiger partial charge in [0.1, 0.15) is 0 Å². The molecule has 0 saturated carbocycles. The van der Waals surface area contributed by atoms with Gasteiger partial charge in [-0.1, -0.05) is 6.07 Å². The number of nitrogens with one attached hydrogen (secondary N) is 2. The summed E-state index contributed by atoms with van der Waals surface area (Å²) < 4.78 is 0. The molecule has 0 unspecified atom stereocenters. The largest absolute Gasteiger partial charge is 0.376 e. The molecule has 0 bridgehead atoms. The van der Waals surface area contributed by atoms with Gasteiger partial charge in [-0.2, -0.15) is 5.10 Å². The molecule has 0 saturated heterocycles. The Morgan fingerprint density at radius 2 is 1.63 bits per heavy atom. The molecular formula is C21H23N5O. The number of hydrogen-bond donors (Lipinski definition) is 2. The summed E-state index contributed by atoms with van der Waals surface area (Å²) in [4.78, 5) is 14.4. The van der Waals surface area contributed by atoms with Gasteiger partial charge in [-0.05, 0) is 61.4 Å². The van der Waals surface area contributed by atoms with Gasteiger partial charge in [0.05, 0.1) is 11.9 Å². The minimum Gasteiger partial charge on any atom is -0.376 e. The number of nitrogens with zero attached hydrogens (tertiary/aromatic N) is 3. The van der Waals surface area contributed by atoms with Crippen molar-refractivity contribution in [3.63, 3.8) is 0 Å².